The molecule has 4 rings (SSSR count). The molecular weight excluding hydrogens is 421 g/mol. The second-order valence-corrected chi connectivity index (χ2v) is 8.24. The summed E-state index contributed by atoms with van der Waals surface area (Å²) in [5, 5.41) is 4.74. The number of Topliss-reactive ketones (excluding diaryl/α,β-unsaturated/α-hetero) is 1. The Hall–Kier alpha value is -2.94. The molecule has 1 fully saturated rings. The lowest BCUT2D eigenvalue weighted by molar-refractivity contribution is -0.138. The zero-order chi connectivity index (χ0) is 23.2. The maximum Gasteiger partial charge on any atom is 0.416 e. The van der Waals surface area contributed by atoms with Crippen LogP contribution in [0.2, 0.25) is 0 Å². The zero-order valence-electron chi connectivity index (χ0n) is 18.5. The molecule has 1 aliphatic heterocycles. The summed E-state index contributed by atoms with van der Waals surface area (Å²) in [5.74, 6) is 0.476. The van der Waals surface area contributed by atoms with Crippen LogP contribution in [-0.2, 0) is 17.3 Å². The number of alkyl halides is 3. The van der Waals surface area contributed by atoms with Gasteiger partial charge < -0.3 is 9.64 Å². The van der Waals surface area contributed by atoms with E-state index in [0.29, 0.717) is 53.7 Å². The van der Waals surface area contributed by atoms with Crippen molar-refractivity contribution in [1.82, 2.24) is 14.6 Å². The lowest BCUT2D eigenvalue weighted by atomic mass is 9.98. The van der Waals surface area contributed by atoms with Gasteiger partial charge in [0.25, 0.3) is 0 Å². The van der Waals surface area contributed by atoms with Crippen LogP contribution < -0.4 is 4.90 Å². The van der Waals surface area contributed by atoms with E-state index < -0.39 is 11.7 Å². The molecule has 1 saturated heterocycles. The maximum atomic E-state index is 13.4. The Labute approximate surface area is 184 Å². The average Bonchev–Trinajstić information content (AvgIpc) is 3.03. The average molecular weight is 446 g/mol. The van der Waals surface area contributed by atoms with E-state index in [9.17, 15) is 18.0 Å². The van der Waals surface area contributed by atoms with Crippen molar-refractivity contribution >= 4 is 17.2 Å². The van der Waals surface area contributed by atoms with Crippen molar-refractivity contribution in [2.75, 3.05) is 24.6 Å². The van der Waals surface area contributed by atoms with Gasteiger partial charge in [0.2, 0.25) is 0 Å². The van der Waals surface area contributed by atoms with Crippen LogP contribution in [-0.4, -0.2) is 46.2 Å². The number of carbonyl (C=O) groups is 1. The van der Waals surface area contributed by atoms with Gasteiger partial charge in [-0.1, -0.05) is 12.1 Å². The Bertz CT molecular complexity index is 1190. The first-order chi connectivity index (χ1) is 15.1. The predicted molar refractivity (Wildman–Crippen MR) is 114 cm³/mol. The van der Waals surface area contributed by atoms with Crippen LogP contribution in [0.25, 0.3) is 5.65 Å². The minimum absolute atomic E-state index is 0.0266. The molecule has 3 heterocycles. The summed E-state index contributed by atoms with van der Waals surface area (Å²) >= 11 is 0. The summed E-state index contributed by atoms with van der Waals surface area (Å²) in [7, 11) is 0. The van der Waals surface area contributed by atoms with Crippen LogP contribution in [0, 0.1) is 13.8 Å². The number of ketones is 1. The number of aryl methyl sites for hydroxylation is 1. The number of ether oxygens (including phenoxy) is 1. The molecule has 0 saturated carbocycles. The highest BCUT2D eigenvalue weighted by Gasteiger charge is 2.33. The Morgan fingerprint density at radius 1 is 1.28 bits per heavy atom. The number of halogens is 3. The smallest absolute Gasteiger partial charge is 0.375 e. The molecule has 0 amide bonds. The van der Waals surface area contributed by atoms with Gasteiger partial charge in [-0.05, 0) is 51.0 Å². The normalized spacial score (nSPS) is 17.2. The Balaban J connectivity index is 1.84. The highest BCUT2D eigenvalue weighted by Crippen LogP contribution is 2.34. The molecule has 0 aliphatic carbocycles. The van der Waals surface area contributed by atoms with E-state index in [1.165, 1.54) is 19.9 Å². The third kappa shape index (κ3) is 4.09. The van der Waals surface area contributed by atoms with Gasteiger partial charge >= 0.3 is 6.18 Å². The first-order valence-corrected chi connectivity index (χ1v) is 10.5. The molecule has 0 radical (unpaired) electrons. The number of morpholine rings is 1. The van der Waals surface area contributed by atoms with Crippen LogP contribution in [0.1, 0.15) is 52.3 Å². The Kier molecular flexibility index (Phi) is 5.70. The molecular formula is C23H25F3N4O2. The number of carbonyl (C=O) groups excluding carboxylic acids is 1. The van der Waals surface area contributed by atoms with E-state index in [1.54, 1.807) is 23.6 Å². The van der Waals surface area contributed by atoms with E-state index in [1.807, 2.05) is 6.92 Å². The molecule has 1 unspecified atom stereocenters. The monoisotopic (exact) mass is 446 g/mol. The number of hydrogen-bond donors (Lipinski definition) is 0. The Morgan fingerprint density at radius 2 is 2.03 bits per heavy atom. The zero-order valence-corrected chi connectivity index (χ0v) is 18.5. The van der Waals surface area contributed by atoms with Crippen molar-refractivity contribution in [3.63, 3.8) is 0 Å². The van der Waals surface area contributed by atoms with Crippen molar-refractivity contribution in [3.8, 4) is 0 Å². The van der Waals surface area contributed by atoms with Crippen molar-refractivity contribution in [3.05, 3.63) is 57.9 Å². The maximum absolute atomic E-state index is 13.4. The number of fused-ring (bicyclic) bond motifs is 1. The highest BCUT2D eigenvalue weighted by molar-refractivity contribution is 6.00. The van der Waals surface area contributed by atoms with E-state index >= 15 is 0 Å². The lowest BCUT2D eigenvalue weighted by Gasteiger charge is -2.32. The van der Waals surface area contributed by atoms with Crippen LogP contribution in [0.4, 0.5) is 19.0 Å². The number of nitrogens with zero attached hydrogens (tertiary/aromatic N) is 4. The molecule has 1 aliphatic rings. The molecule has 2 aromatic heterocycles. The molecule has 3 aromatic rings. The number of benzene rings is 1. The van der Waals surface area contributed by atoms with Crippen LogP contribution >= 0.6 is 0 Å². The van der Waals surface area contributed by atoms with Crippen molar-refractivity contribution < 1.29 is 22.7 Å². The molecule has 9 heteroatoms. The third-order valence-corrected chi connectivity index (χ3v) is 5.92. The minimum atomic E-state index is -4.42. The second-order valence-electron chi connectivity index (χ2n) is 8.24. The SMILES string of the molecule is CC(=O)c1cc(N2CCOC(C)C2)nn2c(Cc3cccc(C(F)(F)F)c3C)c(C)nc12. The number of anilines is 1. The standard InChI is InChI=1S/C23H25F3N4O2/c1-13-12-29(8-9-32-13)21-11-18(16(4)31)22-27-15(3)20(30(22)28-21)10-17-6-5-7-19(14(17)2)23(24,25)26/h5-7,11,13H,8-10,12H2,1-4H3. The van der Waals surface area contributed by atoms with Gasteiger partial charge in [0.1, 0.15) is 0 Å². The first-order valence-electron chi connectivity index (χ1n) is 10.5. The summed E-state index contributed by atoms with van der Waals surface area (Å²) in [6.07, 6.45) is -4.18. The summed E-state index contributed by atoms with van der Waals surface area (Å²) < 4.78 is 47.4. The molecule has 1 aromatic carbocycles. The number of hydrogen-bond acceptors (Lipinski definition) is 5. The van der Waals surface area contributed by atoms with Crippen LogP contribution in [0.3, 0.4) is 0 Å². The number of imidazole rings is 1. The molecule has 170 valence electrons. The van der Waals surface area contributed by atoms with E-state index in [0.717, 1.165) is 6.07 Å². The topological polar surface area (TPSA) is 59.7 Å². The second kappa shape index (κ2) is 8.20. The van der Waals surface area contributed by atoms with Gasteiger partial charge in [0.05, 0.1) is 35.2 Å². The summed E-state index contributed by atoms with van der Waals surface area (Å²) in [5.41, 5.74) is 2.21. The largest absolute Gasteiger partial charge is 0.416 e. The van der Waals surface area contributed by atoms with Gasteiger partial charge in [-0.2, -0.15) is 13.2 Å². The van der Waals surface area contributed by atoms with Gasteiger partial charge in [0.15, 0.2) is 17.2 Å². The predicted octanol–water partition coefficient (Wildman–Crippen LogP) is 4.38. The fraction of sp³-hybridized carbons (Fsp3) is 0.435. The fourth-order valence-corrected chi connectivity index (χ4v) is 4.16. The number of aromatic nitrogens is 3. The first kappa shape index (κ1) is 22.3. The fourth-order valence-electron chi connectivity index (χ4n) is 4.16. The van der Waals surface area contributed by atoms with E-state index in [4.69, 9.17) is 9.84 Å². The minimum Gasteiger partial charge on any atom is -0.375 e. The van der Waals surface area contributed by atoms with Gasteiger partial charge in [0, 0.05) is 19.5 Å². The molecule has 1 atom stereocenters. The van der Waals surface area contributed by atoms with Gasteiger partial charge in [-0.25, -0.2) is 9.50 Å². The summed E-state index contributed by atoms with van der Waals surface area (Å²) in [4.78, 5) is 19.0. The van der Waals surface area contributed by atoms with E-state index in [-0.39, 0.29) is 23.9 Å². The molecule has 0 N–H and O–H groups in total. The van der Waals surface area contributed by atoms with Crippen molar-refractivity contribution in [1.29, 1.82) is 0 Å². The van der Waals surface area contributed by atoms with Gasteiger partial charge in [-0.3, -0.25) is 4.79 Å². The third-order valence-electron chi connectivity index (χ3n) is 5.92. The lowest BCUT2D eigenvalue weighted by Crippen LogP contribution is -2.41. The van der Waals surface area contributed by atoms with Crippen molar-refractivity contribution in [2.24, 2.45) is 0 Å². The van der Waals surface area contributed by atoms with Crippen LogP contribution in [0.15, 0.2) is 24.3 Å². The molecule has 0 bridgehead atoms. The molecule has 6 nitrogen and oxygen atoms in total. The molecule has 32 heavy (non-hydrogen) atoms. The van der Waals surface area contributed by atoms with E-state index in [2.05, 4.69) is 9.88 Å². The van der Waals surface area contributed by atoms with Crippen LogP contribution in [0.5, 0.6) is 0 Å². The quantitative estimate of drug-likeness (QED) is 0.557. The summed E-state index contributed by atoms with van der Waals surface area (Å²) in [6.45, 7) is 8.53. The number of rotatable bonds is 4. The van der Waals surface area contributed by atoms with Crippen molar-refractivity contribution in [2.45, 2.75) is 46.4 Å². The summed E-state index contributed by atoms with van der Waals surface area (Å²) in [6, 6.07) is 5.92. The Morgan fingerprint density at radius 3 is 2.69 bits per heavy atom. The van der Waals surface area contributed by atoms with Gasteiger partial charge in [-0.15, -0.1) is 5.10 Å². The highest BCUT2D eigenvalue weighted by atomic mass is 19.4. The molecule has 0 spiro atoms.